The number of carbonyl (C=O) groups excluding carboxylic acids is 1. The number of carbonyl (C=O) groups is 1. The quantitative estimate of drug-likeness (QED) is 0.773. The Morgan fingerprint density at radius 1 is 1.15 bits per heavy atom. The molecule has 2 fully saturated rings. The summed E-state index contributed by atoms with van der Waals surface area (Å²) in [6, 6.07) is 8.05. The monoisotopic (exact) mass is 371 g/mol. The van der Waals surface area contributed by atoms with Gasteiger partial charge in [-0.15, -0.1) is 5.10 Å². The molecule has 7 heteroatoms. The first-order valence-electron chi connectivity index (χ1n) is 9.47. The van der Waals surface area contributed by atoms with E-state index in [2.05, 4.69) is 20.4 Å². The van der Waals surface area contributed by atoms with E-state index in [0.717, 1.165) is 24.7 Å². The van der Waals surface area contributed by atoms with Crippen LogP contribution in [0.25, 0.3) is 5.69 Å². The van der Waals surface area contributed by atoms with Gasteiger partial charge in [-0.25, -0.2) is 0 Å². The number of likely N-dealkylation sites (tertiary alicyclic amines) is 1. The third-order valence-electron chi connectivity index (χ3n) is 5.69. The van der Waals surface area contributed by atoms with Gasteiger partial charge in [0.05, 0.1) is 11.4 Å². The van der Waals surface area contributed by atoms with Gasteiger partial charge in [0.25, 0.3) is 0 Å². The number of aryl methyl sites for hydroxylation is 1. The van der Waals surface area contributed by atoms with Crippen LogP contribution in [0.4, 0.5) is 0 Å². The molecule has 2 atom stereocenters. The number of benzene rings is 1. The first-order valence-corrected chi connectivity index (χ1v) is 10.5. The predicted octanol–water partition coefficient (Wildman–Crippen LogP) is 3.10. The number of amides is 1. The number of fused-ring (bicyclic) bond motifs is 1. The van der Waals surface area contributed by atoms with Crippen molar-refractivity contribution in [3.63, 3.8) is 0 Å². The van der Waals surface area contributed by atoms with Gasteiger partial charge in [-0.3, -0.25) is 4.79 Å². The molecule has 1 aromatic carbocycles. The summed E-state index contributed by atoms with van der Waals surface area (Å²) in [6.45, 7) is 3.89. The molecule has 4 rings (SSSR count). The van der Waals surface area contributed by atoms with E-state index in [1.54, 1.807) is 4.68 Å². The maximum Gasteiger partial charge on any atom is 0.233 e. The molecule has 1 saturated carbocycles. The summed E-state index contributed by atoms with van der Waals surface area (Å²) >= 11 is 1.42. The van der Waals surface area contributed by atoms with Crippen LogP contribution < -0.4 is 0 Å². The van der Waals surface area contributed by atoms with E-state index >= 15 is 0 Å². The number of piperidine rings is 1. The Hall–Kier alpha value is -1.89. The molecule has 26 heavy (non-hydrogen) atoms. The van der Waals surface area contributed by atoms with Gasteiger partial charge in [0, 0.05) is 13.1 Å². The van der Waals surface area contributed by atoms with Crippen LogP contribution in [0.15, 0.2) is 29.4 Å². The lowest BCUT2D eigenvalue weighted by Crippen LogP contribution is -2.45. The fourth-order valence-corrected chi connectivity index (χ4v) is 4.96. The summed E-state index contributed by atoms with van der Waals surface area (Å²) < 4.78 is 1.70. The Morgan fingerprint density at radius 2 is 1.92 bits per heavy atom. The average Bonchev–Trinajstić information content (AvgIpc) is 3.15. The minimum absolute atomic E-state index is 0.206. The molecule has 1 aliphatic heterocycles. The third-order valence-corrected chi connectivity index (χ3v) is 6.59. The first-order chi connectivity index (χ1) is 12.7. The SMILES string of the molecule is Cc1ccc(-n2nnnc2SCC(=O)N2CC[C@@H]3CCCC[C@H]3C2)cc1. The number of thioether (sulfide) groups is 1. The second kappa shape index (κ2) is 7.78. The Balaban J connectivity index is 1.36. The number of hydrogen-bond acceptors (Lipinski definition) is 5. The van der Waals surface area contributed by atoms with Crippen molar-refractivity contribution in [2.24, 2.45) is 11.8 Å². The Bertz CT molecular complexity index is 760. The van der Waals surface area contributed by atoms with Crippen molar-refractivity contribution in [2.45, 2.75) is 44.2 Å². The summed E-state index contributed by atoms with van der Waals surface area (Å²) in [5.41, 5.74) is 2.11. The molecule has 2 aromatic rings. The maximum atomic E-state index is 12.7. The van der Waals surface area contributed by atoms with Gasteiger partial charge in [-0.05, 0) is 54.2 Å². The van der Waals surface area contributed by atoms with E-state index in [9.17, 15) is 4.79 Å². The lowest BCUT2D eigenvalue weighted by Gasteiger charge is -2.41. The largest absolute Gasteiger partial charge is 0.342 e. The van der Waals surface area contributed by atoms with Crippen molar-refractivity contribution in [1.29, 1.82) is 0 Å². The van der Waals surface area contributed by atoms with Crippen LogP contribution in [0.5, 0.6) is 0 Å². The number of hydrogen-bond donors (Lipinski definition) is 0. The van der Waals surface area contributed by atoms with Gasteiger partial charge in [0.1, 0.15) is 0 Å². The summed E-state index contributed by atoms with van der Waals surface area (Å²) in [5, 5.41) is 12.6. The first kappa shape index (κ1) is 17.5. The molecule has 2 heterocycles. The minimum atomic E-state index is 0.206. The van der Waals surface area contributed by atoms with Crippen molar-refractivity contribution in [2.75, 3.05) is 18.8 Å². The van der Waals surface area contributed by atoms with E-state index < -0.39 is 0 Å². The Kier molecular flexibility index (Phi) is 5.24. The summed E-state index contributed by atoms with van der Waals surface area (Å²) in [6.07, 6.45) is 6.50. The molecule has 2 aliphatic rings. The van der Waals surface area contributed by atoms with Gasteiger partial charge in [0.2, 0.25) is 11.1 Å². The van der Waals surface area contributed by atoms with Gasteiger partial charge in [-0.2, -0.15) is 4.68 Å². The lowest BCUT2D eigenvalue weighted by atomic mass is 9.75. The molecular formula is C19H25N5OS. The second-order valence-corrected chi connectivity index (χ2v) is 8.37. The molecule has 6 nitrogen and oxygen atoms in total. The van der Waals surface area contributed by atoms with Gasteiger partial charge in [0.15, 0.2) is 0 Å². The normalized spacial score (nSPS) is 22.9. The molecule has 0 radical (unpaired) electrons. The minimum Gasteiger partial charge on any atom is -0.342 e. The van der Waals surface area contributed by atoms with Gasteiger partial charge in [-0.1, -0.05) is 48.7 Å². The van der Waals surface area contributed by atoms with Crippen LogP contribution >= 0.6 is 11.8 Å². The smallest absolute Gasteiger partial charge is 0.233 e. The number of rotatable bonds is 4. The molecule has 1 aliphatic carbocycles. The van der Waals surface area contributed by atoms with E-state index in [1.807, 2.05) is 31.2 Å². The van der Waals surface area contributed by atoms with E-state index in [4.69, 9.17) is 0 Å². The topological polar surface area (TPSA) is 63.9 Å². The lowest BCUT2D eigenvalue weighted by molar-refractivity contribution is -0.131. The summed E-state index contributed by atoms with van der Waals surface area (Å²) in [4.78, 5) is 14.7. The van der Waals surface area contributed by atoms with Crippen LogP contribution in [-0.2, 0) is 4.79 Å². The zero-order valence-corrected chi connectivity index (χ0v) is 16.0. The molecule has 1 amide bonds. The standard InChI is InChI=1S/C19H25N5OS/c1-14-6-8-17(9-7-14)24-19(20-21-22-24)26-13-18(25)23-11-10-15-4-2-3-5-16(15)12-23/h6-9,15-16H,2-5,10-13H2,1H3/t15-,16-/m0/s1. The number of tetrazole rings is 1. The van der Waals surface area contributed by atoms with Crippen molar-refractivity contribution < 1.29 is 4.79 Å². The molecule has 0 bridgehead atoms. The highest BCUT2D eigenvalue weighted by Crippen LogP contribution is 2.36. The average molecular weight is 372 g/mol. The molecule has 1 saturated heterocycles. The predicted molar refractivity (Wildman–Crippen MR) is 101 cm³/mol. The maximum absolute atomic E-state index is 12.7. The van der Waals surface area contributed by atoms with E-state index in [-0.39, 0.29) is 5.91 Å². The summed E-state index contributed by atoms with van der Waals surface area (Å²) in [5.74, 6) is 2.15. The number of nitrogens with zero attached hydrogens (tertiary/aromatic N) is 5. The van der Waals surface area contributed by atoms with Crippen LogP contribution in [-0.4, -0.2) is 49.9 Å². The molecule has 1 aromatic heterocycles. The molecular weight excluding hydrogens is 346 g/mol. The Morgan fingerprint density at radius 3 is 2.73 bits per heavy atom. The van der Waals surface area contributed by atoms with Crippen LogP contribution in [0.2, 0.25) is 0 Å². The highest BCUT2D eigenvalue weighted by Gasteiger charge is 2.32. The highest BCUT2D eigenvalue weighted by atomic mass is 32.2. The zero-order chi connectivity index (χ0) is 17.9. The fraction of sp³-hybridized carbons (Fsp3) is 0.579. The van der Waals surface area contributed by atoms with Crippen LogP contribution in [0.3, 0.4) is 0 Å². The fourth-order valence-electron chi connectivity index (χ4n) is 4.16. The highest BCUT2D eigenvalue weighted by molar-refractivity contribution is 7.99. The number of aromatic nitrogens is 4. The molecule has 138 valence electrons. The van der Waals surface area contributed by atoms with Crippen molar-refractivity contribution in [3.8, 4) is 5.69 Å². The van der Waals surface area contributed by atoms with Crippen molar-refractivity contribution in [3.05, 3.63) is 29.8 Å². The molecule has 0 spiro atoms. The third kappa shape index (κ3) is 3.77. The van der Waals surface area contributed by atoms with Crippen molar-refractivity contribution in [1.82, 2.24) is 25.1 Å². The van der Waals surface area contributed by atoms with Gasteiger partial charge < -0.3 is 4.90 Å². The second-order valence-electron chi connectivity index (χ2n) is 7.43. The van der Waals surface area contributed by atoms with E-state index in [1.165, 1.54) is 49.4 Å². The Labute approximate surface area is 158 Å². The molecule has 0 unspecified atom stereocenters. The van der Waals surface area contributed by atoms with Crippen LogP contribution in [0, 0.1) is 18.8 Å². The van der Waals surface area contributed by atoms with Gasteiger partial charge >= 0.3 is 0 Å². The summed E-state index contributed by atoms with van der Waals surface area (Å²) in [7, 11) is 0. The zero-order valence-electron chi connectivity index (χ0n) is 15.2. The van der Waals surface area contributed by atoms with Crippen molar-refractivity contribution >= 4 is 17.7 Å². The van der Waals surface area contributed by atoms with E-state index in [0.29, 0.717) is 16.8 Å². The molecule has 0 N–H and O–H groups in total. The van der Waals surface area contributed by atoms with Crippen LogP contribution in [0.1, 0.15) is 37.7 Å².